The normalized spacial score (nSPS) is 20.8. The molecule has 2 aliphatic heterocycles. The highest BCUT2D eigenvalue weighted by molar-refractivity contribution is 6.00. The molecule has 2 atom stereocenters. The third-order valence-electron chi connectivity index (χ3n) is 6.28. The molecule has 0 spiro atoms. The van der Waals surface area contributed by atoms with Gasteiger partial charge in [-0.25, -0.2) is 4.68 Å². The minimum Gasteiger partial charge on any atom is -0.338 e. The van der Waals surface area contributed by atoms with E-state index in [4.69, 9.17) is 5.10 Å². The predicted molar refractivity (Wildman–Crippen MR) is 114 cm³/mol. The van der Waals surface area contributed by atoms with Crippen molar-refractivity contribution in [2.24, 2.45) is 11.8 Å². The number of amides is 1. The van der Waals surface area contributed by atoms with Gasteiger partial charge in [-0.2, -0.15) is 5.10 Å². The summed E-state index contributed by atoms with van der Waals surface area (Å²) in [4.78, 5) is 15.6. The van der Waals surface area contributed by atoms with Crippen LogP contribution in [0.15, 0.2) is 54.7 Å². The first-order valence-electron chi connectivity index (χ1n) is 10.3. The van der Waals surface area contributed by atoms with Crippen molar-refractivity contribution in [2.75, 3.05) is 26.2 Å². The Morgan fingerprint density at radius 3 is 2.45 bits per heavy atom. The number of hydrogen-bond donors (Lipinski definition) is 1. The third-order valence-corrected chi connectivity index (χ3v) is 6.28. The fraction of sp³-hybridized carbons (Fsp3) is 0.333. The quantitative estimate of drug-likeness (QED) is 0.750. The molecule has 3 aromatic rings. The minimum atomic E-state index is 0.0940. The second-order valence-corrected chi connectivity index (χ2v) is 8.38. The number of aromatic nitrogens is 2. The van der Waals surface area contributed by atoms with Crippen LogP contribution in [0, 0.1) is 25.7 Å². The van der Waals surface area contributed by atoms with E-state index in [0.29, 0.717) is 17.4 Å². The van der Waals surface area contributed by atoms with Gasteiger partial charge in [-0.3, -0.25) is 4.79 Å². The lowest BCUT2D eigenvalue weighted by atomic mass is 10.0. The largest absolute Gasteiger partial charge is 0.338 e. The molecule has 2 saturated heterocycles. The standard InChI is InChI=1S/C24H26N4O/c1-16-8-9-21(17(2)10-16)23-22(15-28(26-23)20-6-4-3-5-7-20)24(29)27-13-18-11-25-12-19(18)14-27/h3-10,15,18-19,25H,11-14H2,1-2H3/t18-,19+. The summed E-state index contributed by atoms with van der Waals surface area (Å²) in [6.45, 7) is 7.87. The fourth-order valence-corrected chi connectivity index (χ4v) is 4.71. The molecule has 5 nitrogen and oxygen atoms in total. The molecule has 2 aliphatic rings. The lowest BCUT2D eigenvalue weighted by Gasteiger charge is -2.17. The van der Waals surface area contributed by atoms with E-state index in [1.807, 2.05) is 46.1 Å². The predicted octanol–water partition coefficient (Wildman–Crippen LogP) is 3.45. The molecule has 0 saturated carbocycles. The van der Waals surface area contributed by atoms with Gasteiger partial charge in [-0.05, 0) is 43.4 Å². The Morgan fingerprint density at radius 1 is 1.03 bits per heavy atom. The smallest absolute Gasteiger partial charge is 0.257 e. The Balaban J connectivity index is 1.57. The van der Waals surface area contributed by atoms with E-state index in [0.717, 1.165) is 48.7 Å². The van der Waals surface area contributed by atoms with Crippen LogP contribution in [0.1, 0.15) is 21.5 Å². The summed E-state index contributed by atoms with van der Waals surface area (Å²) < 4.78 is 1.83. The lowest BCUT2D eigenvalue weighted by Crippen LogP contribution is -2.32. The number of para-hydroxylation sites is 1. The van der Waals surface area contributed by atoms with E-state index >= 15 is 0 Å². The number of benzene rings is 2. The molecule has 0 aliphatic carbocycles. The Hall–Kier alpha value is -2.92. The number of fused-ring (bicyclic) bond motifs is 1. The molecule has 1 N–H and O–H groups in total. The first-order chi connectivity index (χ1) is 14.1. The van der Waals surface area contributed by atoms with Crippen molar-refractivity contribution in [1.82, 2.24) is 20.0 Å². The minimum absolute atomic E-state index is 0.0940. The van der Waals surface area contributed by atoms with E-state index in [-0.39, 0.29) is 5.91 Å². The molecular formula is C24H26N4O. The average molecular weight is 386 g/mol. The van der Waals surface area contributed by atoms with Crippen molar-refractivity contribution in [2.45, 2.75) is 13.8 Å². The highest BCUT2D eigenvalue weighted by Gasteiger charge is 2.39. The van der Waals surface area contributed by atoms with E-state index in [1.54, 1.807) is 0 Å². The van der Waals surface area contributed by atoms with Crippen molar-refractivity contribution >= 4 is 5.91 Å². The molecular weight excluding hydrogens is 360 g/mol. The van der Waals surface area contributed by atoms with Gasteiger partial charge in [0.15, 0.2) is 0 Å². The summed E-state index contributed by atoms with van der Waals surface area (Å²) in [7, 11) is 0. The van der Waals surface area contributed by atoms with Crippen LogP contribution in [0.2, 0.25) is 0 Å². The number of nitrogens with zero attached hydrogens (tertiary/aromatic N) is 3. The highest BCUT2D eigenvalue weighted by Crippen LogP contribution is 2.32. The Labute approximate surface area is 171 Å². The van der Waals surface area contributed by atoms with Gasteiger partial charge >= 0.3 is 0 Å². The van der Waals surface area contributed by atoms with Crippen molar-refractivity contribution < 1.29 is 4.79 Å². The summed E-state index contributed by atoms with van der Waals surface area (Å²) in [5.74, 6) is 1.25. The van der Waals surface area contributed by atoms with Crippen LogP contribution in [0.3, 0.4) is 0 Å². The molecule has 148 valence electrons. The van der Waals surface area contributed by atoms with Crippen LogP contribution in [0.5, 0.6) is 0 Å². The fourth-order valence-electron chi connectivity index (χ4n) is 4.71. The van der Waals surface area contributed by atoms with Crippen molar-refractivity contribution in [3.8, 4) is 16.9 Å². The first-order valence-corrected chi connectivity index (χ1v) is 10.3. The molecule has 0 bridgehead atoms. The van der Waals surface area contributed by atoms with E-state index in [9.17, 15) is 4.79 Å². The van der Waals surface area contributed by atoms with Crippen molar-refractivity contribution in [3.63, 3.8) is 0 Å². The summed E-state index contributed by atoms with van der Waals surface area (Å²) in [6, 6.07) is 16.3. The number of hydrogen-bond acceptors (Lipinski definition) is 3. The maximum atomic E-state index is 13.5. The van der Waals surface area contributed by atoms with Crippen molar-refractivity contribution in [3.05, 3.63) is 71.4 Å². The Kier molecular flexibility index (Phi) is 4.47. The van der Waals surface area contributed by atoms with Crippen LogP contribution in [-0.4, -0.2) is 46.8 Å². The molecule has 5 heteroatoms. The van der Waals surface area contributed by atoms with E-state index < -0.39 is 0 Å². The zero-order valence-electron chi connectivity index (χ0n) is 16.9. The van der Waals surface area contributed by atoms with Gasteiger partial charge in [-0.15, -0.1) is 0 Å². The molecule has 1 amide bonds. The third kappa shape index (κ3) is 3.25. The molecule has 2 fully saturated rings. The molecule has 29 heavy (non-hydrogen) atoms. The number of rotatable bonds is 3. The van der Waals surface area contributed by atoms with Gasteiger partial charge in [0.25, 0.3) is 5.91 Å². The summed E-state index contributed by atoms with van der Waals surface area (Å²) in [5.41, 5.74) is 5.79. The molecule has 2 aromatic carbocycles. The zero-order valence-corrected chi connectivity index (χ0v) is 16.9. The average Bonchev–Trinajstić information content (AvgIpc) is 3.43. The molecule has 5 rings (SSSR count). The van der Waals surface area contributed by atoms with Gasteiger partial charge in [0.05, 0.1) is 11.3 Å². The van der Waals surface area contributed by atoms with Gasteiger partial charge in [-0.1, -0.05) is 42.0 Å². The van der Waals surface area contributed by atoms with Gasteiger partial charge in [0.1, 0.15) is 5.69 Å². The topological polar surface area (TPSA) is 50.2 Å². The van der Waals surface area contributed by atoms with Crippen molar-refractivity contribution in [1.29, 1.82) is 0 Å². The number of aryl methyl sites for hydroxylation is 2. The zero-order chi connectivity index (χ0) is 20.0. The number of carbonyl (C=O) groups excluding carboxylic acids is 1. The van der Waals surface area contributed by atoms with E-state index in [2.05, 4.69) is 37.4 Å². The first kappa shape index (κ1) is 18.1. The van der Waals surface area contributed by atoms with Crippen LogP contribution in [0.25, 0.3) is 16.9 Å². The van der Waals surface area contributed by atoms with Gasteiger partial charge < -0.3 is 10.2 Å². The van der Waals surface area contributed by atoms with Crippen LogP contribution >= 0.6 is 0 Å². The number of likely N-dealkylation sites (tertiary alicyclic amines) is 1. The maximum Gasteiger partial charge on any atom is 0.257 e. The Morgan fingerprint density at radius 2 is 1.76 bits per heavy atom. The second kappa shape index (κ2) is 7.16. The molecule has 3 heterocycles. The summed E-state index contributed by atoms with van der Waals surface area (Å²) in [6.07, 6.45) is 1.90. The van der Waals surface area contributed by atoms with Crippen LogP contribution in [0.4, 0.5) is 0 Å². The second-order valence-electron chi connectivity index (χ2n) is 8.38. The lowest BCUT2D eigenvalue weighted by molar-refractivity contribution is 0.0782. The SMILES string of the molecule is Cc1ccc(-c2nn(-c3ccccc3)cc2C(=O)N2C[C@H]3CNC[C@H]3C2)c(C)c1. The number of carbonyl (C=O) groups is 1. The molecule has 0 radical (unpaired) electrons. The summed E-state index contributed by atoms with van der Waals surface area (Å²) >= 11 is 0. The Bertz CT molecular complexity index is 1040. The monoisotopic (exact) mass is 386 g/mol. The van der Waals surface area contributed by atoms with Gasteiger partial charge in [0, 0.05) is 37.9 Å². The van der Waals surface area contributed by atoms with Gasteiger partial charge in [0.2, 0.25) is 0 Å². The molecule has 0 unspecified atom stereocenters. The summed E-state index contributed by atoms with van der Waals surface area (Å²) in [5, 5.41) is 8.31. The molecule has 1 aromatic heterocycles. The van der Waals surface area contributed by atoms with Crippen LogP contribution < -0.4 is 5.32 Å². The maximum absolute atomic E-state index is 13.5. The van der Waals surface area contributed by atoms with E-state index in [1.165, 1.54) is 5.56 Å². The highest BCUT2D eigenvalue weighted by atomic mass is 16.2. The van der Waals surface area contributed by atoms with Crippen LogP contribution in [-0.2, 0) is 0 Å². The number of nitrogens with one attached hydrogen (secondary N) is 1.